The number of hydrogen-bond donors (Lipinski definition) is 1. The number of carbonyl (C=O) groups excluding carboxylic acids is 1. The Morgan fingerprint density at radius 3 is 2.35 bits per heavy atom. The Morgan fingerprint density at radius 1 is 1.41 bits per heavy atom. The number of hydrogen-bond acceptors (Lipinski definition) is 3. The highest BCUT2D eigenvalue weighted by Crippen LogP contribution is 2.42. The van der Waals surface area contributed by atoms with Gasteiger partial charge >= 0.3 is 6.09 Å². The second-order valence-corrected chi connectivity index (χ2v) is 6.80. The fourth-order valence-corrected chi connectivity index (χ4v) is 2.93. The molecule has 17 heavy (non-hydrogen) atoms. The molecule has 0 aromatic rings. The maximum Gasteiger partial charge on any atom is 0.410 e. The van der Waals surface area contributed by atoms with E-state index >= 15 is 0 Å². The lowest BCUT2D eigenvalue weighted by Crippen LogP contribution is -2.78. The molecule has 2 aliphatic heterocycles. The van der Waals surface area contributed by atoms with E-state index in [1.165, 1.54) is 0 Å². The minimum Gasteiger partial charge on any atom is -0.444 e. The summed E-state index contributed by atoms with van der Waals surface area (Å²) in [7, 11) is 0. The van der Waals surface area contributed by atoms with Gasteiger partial charge in [-0.25, -0.2) is 4.79 Å². The molecule has 2 fully saturated rings. The molecule has 2 rings (SSSR count). The lowest BCUT2D eigenvalue weighted by molar-refractivity contribution is -0.0951. The van der Waals surface area contributed by atoms with Crippen molar-refractivity contribution >= 4 is 6.09 Å². The molecule has 0 unspecified atom stereocenters. The van der Waals surface area contributed by atoms with Crippen LogP contribution in [0.5, 0.6) is 0 Å². The summed E-state index contributed by atoms with van der Waals surface area (Å²) in [6.07, 6.45) is -0.169. The van der Waals surface area contributed by atoms with Crippen LogP contribution in [0.15, 0.2) is 0 Å². The molecule has 0 aromatic carbocycles. The first-order valence-corrected chi connectivity index (χ1v) is 6.45. The molecule has 1 spiro atoms. The zero-order valence-electron chi connectivity index (χ0n) is 11.5. The maximum absolute atomic E-state index is 11.8. The normalized spacial score (nSPS) is 26.7. The summed E-state index contributed by atoms with van der Waals surface area (Å²) < 4.78 is 5.37. The van der Waals surface area contributed by atoms with Crippen LogP contribution in [-0.4, -0.2) is 42.3 Å². The van der Waals surface area contributed by atoms with Crippen LogP contribution in [0.4, 0.5) is 4.79 Å². The molecule has 2 saturated heterocycles. The monoisotopic (exact) mass is 240 g/mol. The summed E-state index contributed by atoms with van der Waals surface area (Å²) in [5.74, 6) is 0.629. The van der Waals surface area contributed by atoms with E-state index in [0.29, 0.717) is 17.4 Å². The molecule has 0 saturated carbocycles. The van der Waals surface area contributed by atoms with Crippen molar-refractivity contribution in [3.63, 3.8) is 0 Å². The van der Waals surface area contributed by atoms with Gasteiger partial charge in [0, 0.05) is 31.1 Å². The first kappa shape index (κ1) is 12.7. The van der Waals surface area contributed by atoms with Gasteiger partial charge in [-0.2, -0.15) is 0 Å². The largest absolute Gasteiger partial charge is 0.444 e. The zero-order valence-corrected chi connectivity index (χ0v) is 11.5. The van der Waals surface area contributed by atoms with Crippen LogP contribution in [0.1, 0.15) is 34.6 Å². The maximum atomic E-state index is 11.8. The highest BCUT2D eigenvalue weighted by molar-refractivity contribution is 5.69. The van der Waals surface area contributed by atoms with E-state index in [2.05, 4.69) is 19.2 Å². The van der Waals surface area contributed by atoms with E-state index < -0.39 is 5.60 Å². The van der Waals surface area contributed by atoms with Crippen LogP contribution in [-0.2, 0) is 4.74 Å². The van der Waals surface area contributed by atoms with Crippen LogP contribution in [0.25, 0.3) is 0 Å². The average Bonchev–Trinajstić information content (AvgIpc) is 1.93. The molecule has 0 aromatic heterocycles. The van der Waals surface area contributed by atoms with E-state index in [9.17, 15) is 4.79 Å². The Labute approximate surface area is 104 Å². The van der Waals surface area contributed by atoms with Crippen molar-refractivity contribution in [1.82, 2.24) is 10.2 Å². The molecule has 1 N–H and O–H groups in total. The van der Waals surface area contributed by atoms with Crippen LogP contribution in [0.3, 0.4) is 0 Å². The van der Waals surface area contributed by atoms with Gasteiger partial charge in [0.15, 0.2) is 0 Å². The number of rotatable bonds is 1. The lowest BCUT2D eigenvalue weighted by Gasteiger charge is -2.62. The van der Waals surface area contributed by atoms with Crippen molar-refractivity contribution < 1.29 is 9.53 Å². The van der Waals surface area contributed by atoms with Gasteiger partial charge < -0.3 is 15.0 Å². The van der Waals surface area contributed by atoms with Gasteiger partial charge in [-0.1, -0.05) is 13.8 Å². The van der Waals surface area contributed by atoms with Crippen LogP contribution < -0.4 is 5.32 Å². The van der Waals surface area contributed by atoms with Gasteiger partial charge in [0.05, 0.1) is 0 Å². The van der Waals surface area contributed by atoms with Crippen molar-refractivity contribution in [2.24, 2.45) is 11.3 Å². The third-order valence-electron chi connectivity index (χ3n) is 3.66. The Hall–Kier alpha value is -0.770. The van der Waals surface area contributed by atoms with Crippen molar-refractivity contribution in [2.75, 3.05) is 19.6 Å². The molecule has 0 aliphatic carbocycles. The minimum absolute atomic E-state index is 0.169. The zero-order chi connectivity index (χ0) is 12.8. The number of amides is 1. The standard InChI is InChI=1S/C13H24N2O2/c1-9(2)10-13(6-14-10)7-15(8-13)11(16)17-12(3,4)5/h9-10,14H,6-8H2,1-5H3/t10-/m0/s1. The minimum atomic E-state index is -0.394. The average molecular weight is 240 g/mol. The molecule has 98 valence electrons. The van der Waals surface area contributed by atoms with Gasteiger partial charge in [-0.05, 0) is 26.7 Å². The van der Waals surface area contributed by atoms with E-state index in [0.717, 1.165) is 19.6 Å². The molecule has 4 heteroatoms. The molecule has 0 bridgehead atoms. The molecule has 2 aliphatic rings. The first-order chi connectivity index (χ1) is 7.73. The van der Waals surface area contributed by atoms with Gasteiger partial charge in [0.1, 0.15) is 5.60 Å². The molecule has 1 atom stereocenters. The number of ether oxygens (including phenoxy) is 1. The number of likely N-dealkylation sites (tertiary alicyclic amines) is 1. The summed E-state index contributed by atoms with van der Waals surface area (Å²) in [6.45, 7) is 12.9. The Bertz CT molecular complexity index is 314. The fourth-order valence-electron chi connectivity index (χ4n) is 2.93. The van der Waals surface area contributed by atoms with Crippen molar-refractivity contribution in [3.05, 3.63) is 0 Å². The molecular weight excluding hydrogens is 216 g/mol. The molecule has 4 nitrogen and oxygen atoms in total. The van der Waals surface area contributed by atoms with Crippen LogP contribution >= 0.6 is 0 Å². The first-order valence-electron chi connectivity index (χ1n) is 6.45. The third kappa shape index (κ3) is 2.28. The summed E-state index contributed by atoms with van der Waals surface area (Å²) in [5, 5.41) is 3.47. The predicted molar refractivity (Wildman–Crippen MR) is 66.9 cm³/mol. The van der Waals surface area contributed by atoms with Crippen molar-refractivity contribution in [3.8, 4) is 0 Å². The van der Waals surface area contributed by atoms with Gasteiger partial charge in [-0.3, -0.25) is 0 Å². The topological polar surface area (TPSA) is 41.6 Å². The summed E-state index contributed by atoms with van der Waals surface area (Å²) in [5.41, 5.74) is -0.0692. The molecule has 0 radical (unpaired) electrons. The van der Waals surface area contributed by atoms with Crippen LogP contribution in [0, 0.1) is 11.3 Å². The predicted octanol–water partition coefficient (Wildman–Crippen LogP) is 1.85. The second kappa shape index (κ2) is 3.87. The van der Waals surface area contributed by atoms with Gasteiger partial charge in [0.2, 0.25) is 0 Å². The highest BCUT2D eigenvalue weighted by atomic mass is 16.6. The molecule has 1 amide bonds. The Kier molecular flexibility index (Phi) is 2.89. The second-order valence-electron chi connectivity index (χ2n) is 6.80. The summed E-state index contributed by atoms with van der Waals surface area (Å²) >= 11 is 0. The molecular formula is C13H24N2O2. The van der Waals surface area contributed by atoms with Crippen molar-refractivity contribution in [1.29, 1.82) is 0 Å². The number of carbonyl (C=O) groups is 1. The van der Waals surface area contributed by atoms with Crippen molar-refractivity contribution in [2.45, 2.75) is 46.3 Å². The smallest absolute Gasteiger partial charge is 0.410 e. The molecule has 2 heterocycles. The fraction of sp³-hybridized carbons (Fsp3) is 0.923. The number of nitrogens with one attached hydrogen (secondary N) is 1. The number of nitrogens with zero attached hydrogens (tertiary/aromatic N) is 1. The third-order valence-corrected chi connectivity index (χ3v) is 3.66. The van der Waals surface area contributed by atoms with Crippen LogP contribution in [0.2, 0.25) is 0 Å². The highest BCUT2D eigenvalue weighted by Gasteiger charge is 2.57. The summed E-state index contributed by atoms with van der Waals surface area (Å²) in [6, 6.07) is 0.557. The van der Waals surface area contributed by atoms with E-state index in [-0.39, 0.29) is 6.09 Å². The Morgan fingerprint density at radius 2 is 2.00 bits per heavy atom. The van der Waals surface area contributed by atoms with Gasteiger partial charge in [-0.15, -0.1) is 0 Å². The van der Waals surface area contributed by atoms with E-state index in [4.69, 9.17) is 4.74 Å². The quantitative estimate of drug-likeness (QED) is 0.760. The van der Waals surface area contributed by atoms with Gasteiger partial charge in [0.25, 0.3) is 0 Å². The summed E-state index contributed by atoms with van der Waals surface area (Å²) in [4.78, 5) is 13.6. The SMILES string of the molecule is CC(C)[C@@H]1NCC12CN(C(=O)OC(C)(C)C)C2. The van der Waals surface area contributed by atoms with E-state index in [1.807, 2.05) is 25.7 Å². The Balaban J connectivity index is 1.85. The van der Waals surface area contributed by atoms with E-state index in [1.54, 1.807) is 0 Å². The lowest BCUT2D eigenvalue weighted by atomic mass is 9.64.